The molecule has 1 aliphatic rings. The van der Waals surface area contributed by atoms with Gasteiger partial charge in [-0.3, -0.25) is 0 Å². The van der Waals surface area contributed by atoms with Crippen molar-refractivity contribution in [1.29, 1.82) is 0 Å². The first-order valence-electron chi connectivity index (χ1n) is 6.27. The summed E-state index contributed by atoms with van der Waals surface area (Å²) in [6.45, 7) is 3.12. The fourth-order valence-electron chi connectivity index (χ4n) is 2.35. The average molecular weight is 221 g/mol. The van der Waals surface area contributed by atoms with Crippen molar-refractivity contribution in [2.45, 2.75) is 44.8 Å². The van der Waals surface area contributed by atoms with Crippen molar-refractivity contribution in [3.05, 3.63) is 35.4 Å². The van der Waals surface area contributed by atoms with E-state index in [4.69, 9.17) is 0 Å². The van der Waals surface area contributed by atoms with Crippen LogP contribution in [0.25, 0.3) is 0 Å². The van der Waals surface area contributed by atoms with Crippen LogP contribution in [0.15, 0.2) is 24.3 Å². The van der Waals surface area contributed by atoms with E-state index in [1.54, 1.807) is 0 Å². The molecule has 0 spiro atoms. The Morgan fingerprint density at radius 1 is 1.38 bits per heavy atom. The summed E-state index contributed by atoms with van der Waals surface area (Å²) in [6.07, 6.45) is 3.43. The summed E-state index contributed by atoms with van der Waals surface area (Å²) in [5.74, 6) is 0. The first-order chi connectivity index (χ1) is 7.81. The Morgan fingerprint density at radius 2 is 2.12 bits per heavy atom. The minimum Gasteiger partial charge on any atom is -0.311 e. The first-order valence-corrected chi connectivity index (χ1v) is 6.27. The van der Waals surface area contributed by atoms with E-state index in [2.05, 4.69) is 24.4 Å². The van der Waals surface area contributed by atoms with Crippen LogP contribution in [-0.2, 0) is 6.42 Å². The number of nitrogens with one attached hydrogen (secondary N) is 1. The molecule has 0 amide bonds. The maximum absolute atomic E-state index is 14.1. The fourth-order valence-corrected chi connectivity index (χ4v) is 2.35. The molecule has 1 aromatic carbocycles. The third kappa shape index (κ3) is 2.62. The summed E-state index contributed by atoms with van der Waals surface area (Å²) >= 11 is 0. The van der Waals surface area contributed by atoms with Crippen LogP contribution in [-0.4, -0.2) is 12.6 Å². The van der Waals surface area contributed by atoms with Crippen LogP contribution in [0.5, 0.6) is 0 Å². The third-order valence-corrected chi connectivity index (χ3v) is 3.29. The second-order valence-electron chi connectivity index (χ2n) is 4.60. The number of halogens is 1. The van der Waals surface area contributed by atoms with Crippen molar-refractivity contribution in [2.24, 2.45) is 0 Å². The van der Waals surface area contributed by atoms with Crippen molar-refractivity contribution >= 4 is 0 Å². The molecule has 1 N–H and O–H groups in total. The zero-order valence-corrected chi connectivity index (χ0v) is 9.88. The monoisotopic (exact) mass is 221 g/mol. The van der Waals surface area contributed by atoms with Gasteiger partial charge in [0.2, 0.25) is 0 Å². The Kier molecular flexibility index (Phi) is 3.94. The molecule has 1 fully saturated rings. The second-order valence-corrected chi connectivity index (χ2v) is 4.60. The first kappa shape index (κ1) is 11.6. The molecule has 1 nitrogen and oxygen atoms in total. The molecule has 2 atom stereocenters. The Morgan fingerprint density at radius 3 is 2.69 bits per heavy atom. The van der Waals surface area contributed by atoms with Gasteiger partial charge in [0, 0.05) is 6.04 Å². The molecule has 1 aromatic rings. The van der Waals surface area contributed by atoms with Crippen molar-refractivity contribution in [3.63, 3.8) is 0 Å². The smallest absolute Gasteiger partial charge is 0.140 e. The van der Waals surface area contributed by atoms with Crippen LogP contribution in [0.2, 0.25) is 0 Å². The van der Waals surface area contributed by atoms with E-state index >= 15 is 0 Å². The van der Waals surface area contributed by atoms with Gasteiger partial charge in [0.15, 0.2) is 0 Å². The standard InChI is InChI=1S/C14H20FN/c1-2-4-11-6-8-12(9-7-11)14(15)13-5-3-10-16-13/h6-9,13-14,16H,2-5,10H2,1H3. The maximum atomic E-state index is 14.1. The number of benzene rings is 1. The predicted octanol–water partition coefficient (Wildman–Crippen LogP) is 3.40. The molecule has 0 saturated carbocycles. The van der Waals surface area contributed by atoms with Crippen LogP contribution >= 0.6 is 0 Å². The average Bonchev–Trinajstić information content (AvgIpc) is 2.83. The molecule has 0 aromatic heterocycles. The maximum Gasteiger partial charge on any atom is 0.140 e. The van der Waals surface area contributed by atoms with Gasteiger partial charge in [-0.25, -0.2) is 4.39 Å². The van der Waals surface area contributed by atoms with Gasteiger partial charge in [-0.2, -0.15) is 0 Å². The Labute approximate surface area is 97.1 Å². The zero-order chi connectivity index (χ0) is 11.4. The van der Waals surface area contributed by atoms with Crippen LogP contribution in [0.1, 0.15) is 43.5 Å². The summed E-state index contributed by atoms with van der Waals surface area (Å²) in [7, 11) is 0. The quantitative estimate of drug-likeness (QED) is 0.821. The van der Waals surface area contributed by atoms with Crippen LogP contribution in [0.3, 0.4) is 0 Å². The lowest BCUT2D eigenvalue weighted by atomic mass is 10.00. The highest BCUT2D eigenvalue weighted by molar-refractivity contribution is 5.25. The largest absolute Gasteiger partial charge is 0.311 e. The number of rotatable bonds is 4. The van der Waals surface area contributed by atoms with Crippen LogP contribution in [0.4, 0.5) is 4.39 Å². The van der Waals surface area contributed by atoms with Crippen molar-refractivity contribution in [3.8, 4) is 0 Å². The van der Waals surface area contributed by atoms with Gasteiger partial charge in [0.25, 0.3) is 0 Å². The van der Waals surface area contributed by atoms with Gasteiger partial charge in [-0.05, 0) is 36.9 Å². The molecule has 0 aliphatic carbocycles. The summed E-state index contributed by atoms with van der Waals surface area (Å²) in [4.78, 5) is 0. The van der Waals surface area contributed by atoms with E-state index in [0.29, 0.717) is 0 Å². The topological polar surface area (TPSA) is 12.0 Å². The van der Waals surface area contributed by atoms with Gasteiger partial charge >= 0.3 is 0 Å². The highest BCUT2D eigenvalue weighted by Crippen LogP contribution is 2.26. The molecular formula is C14H20FN. The van der Waals surface area contributed by atoms with Crippen molar-refractivity contribution < 1.29 is 4.39 Å². The molecule has 88 valence electrons. The Balaban J connectivity index is 2.02. The van der Waals surface area contributed by atoms with E-state index in [0.717, 1.165) is 37.8 Å². The number of hydrogen-bond donors (Lipinski definition) is 1. The highest BCUT2D eigenvalue weighted by Gasteiger charge is 2.25. The lowest BCUT2D eigenvalue weighted by Crippen LogP contribution is -2.26. The summed E-state index contributed by atoms with van der Waals surface area (Å²) < 4.78 is 14.1. The minimum absolute atomic E-state index is 0.0250. The fraction of sp³-hybridized carbons (Fsp3) is 0.571. The zero-order valence-electron chi connectivity index (χ0n) is 9.88. The van der Waals surface area contributed by atoms with Gasteiger partial charge in [-0.1, -0.05) is 37.6 Å². The molecule has 2 rings (SSSR count). The molecule has 1 heterocycles. The molecule has 2 unspecified atom stereocenters. The predicted molar refractivity (Wildman–Crippen MR) is 65.3 cm³/mol. The van der Waals surface area contributed by atoms with Gasteiger partial charge in [0.1, 0.15) is 6.17 Å². The number of alkyl halides is 1. The van der Waals surface area contributed by atoms with Crippen LogP contribution in [0, 0.1) is 0 Å². The van der Waals surface area contributed by atoms with E-state index in [-0.39, 0.29) is 6.04 Å². The van der Waals surface area contributed by atoms with Crippen molar-refractivity contribution in [1.82, 2.24) is 5.32 Å². The van der Waals surface area contributed by atoms with Crippen molar-refractivity contribution in [2.75, 3.05) is 6.54 Å². The van der Waals surface area contributed by atoms with E-state index in [1.807, 2.05) is 12.1 Å². The summed E-state index contributed by atoms with van der Waals surface area (Å²) in [6, 6.07) is 8.02. The SMILES string of the molecule is CCCc1ccc(C(F)C2CCCN2)cc1. The summed E-state index contributed by atoms with van der Waals surface area (Å²) in [5, 5.41) is 3.22. The Hall–Kier alpha value is -0.890. The lowest BCUT2D eigenvalue weighted by Gasteiger charge is -2.16. The van der Waals surface area contributed by atoms with E-state index in [9.17, 15) is 4.39 Å². The Bertz CT molecular complexity index is 314. The molecule has 1 saturated heterocycles. The highest BCUT2D eigenvalue weighted by atomic mass is 19.1. The minimum atomic E-state index is -0.849. The van der Waals surface area contributed by atoms with Crippen LogP contribution < -0.4 is 5.32 Å². The third-order valence-electron chi connectivity index (χ3n) is 3.29. The van der Waals surface area contributed by atoms with Gasteiger partial charge in [0.05, 0.1) is 0 Å². The van der Waals surface area contributed by atoms with E-state index in [1.165, 1.54) is 5.56 Å². The lowest BCUT2D eigenvalue weighted by molar-refractivity contribution is 0.271. The number of hydrogen-bond acceptors (Lipinski definition) is 1. The van der Waals surface area contributed by atoms with Gasteiger partial charge < -0.3 is 5.32 Å². The normalized spacial score (nSPS) is 22.2. The second kappa shape index (κ2) is 5.44. The van der Waals surface area contributed by atoms with Gasteiger partial charge in [-0.15, -0.1) is 0 Å². The summed E-state index contributed by atoms with van der Waals surface area (Å²) in [5.41, 5.74) is 2.12. The molecule has 0 bridgehead atoms. The van der Waals surface area contributed by atoms with E-state index < -0.39 is 6.17 Å². The molecule has 0 radical (unpaired) electrons. The molecule has 16 heavy (non-hydrogen) atoms. The molecule has 1 aliphatic heterocycles. The number of aryl methyl sites for hydroxylation is 1. The molecule has 2 heteroatoms. The molecular weight excluding hydrogens is 201 g/mol.